The molecule has 5 heteroatoms. The fourth-order valence-corrected chi connectivity index (χ4v) is 3.53. The molecule has 1 aliphatic heterocycles. The molecule has 1 saturated carbocycles. The lowest BCUT2D eigenvalue weighted by Gasteiger charge is -2.37. The van der Waals surface area contributed by atoms with Crippen molar-refractivity contribution in [1.29, 1.82) is 0 Å². The van der Waals surface area contributed by atoms with E-state index in [1.165, 1.54) is 32.4 Å². The minimum atomic E-state index is -0.423. The number of hydrogen-bond donors (Lipinski definition) is 1. The zero-order valence-electron chi connectivity index (χ0n) is 14.7. The van der Waals surface area contributed by atoms with Crippen molar-refractivity contribution in [3.8, 4) is 0 Å². The fraction of sp³-hybridized carbons (Fsp3) is 0.941. The van der Waals surface area contributed by atoms with Crippen molar-refractivity contribution in [3.63, 3.8) is 0 Å². The van der Waals surface area contributed by atoms with Crippen LogP contribution in [0.15, 0.2) is 0 Å². The Morgan fingerprint density at radius 3 is 2.59 bits per heavy atom. The van der Waals surface area contributed by atoms with Gasteiger partial charge in [0.2, 0.25) is 0 Å². The highest BCUT2D eigenvalue weighted by Crippen LogP contribution is 2.24. The Bertz CT molecular complexity index is 367. The topological polar surface area (TPSA) is 44.8 Å². The number of likely N-dealkylation sites (N-methyl/N-ethyl adjacent to an activating group) is 1. The van der Waals surface area contributed by atoms with Gasteiger partial charge < -0.3 is 15.0 Å². The lowest BCUT2D eigenvalue weighted by Crippen LogP contribution is -2.47. The largest absolute Gasteiger partial charge is 0.444 e. The molecule has 0 bridgehead atoms. The molecular formula is C17H33N3O2. The number of carbonyl (C=O) groups excluding carboxylic acids is 1. The van der Waals surface area contributed by atoms with Gasteiger partial charge in [0.25, 0.3) is 0 Å². The number of amides is 1. The van der Waals surface area contributed by atoms with E-state index in [9.17, 15) is 4.79 Å². The van der Waals surface area contributed by atoms with Gasteiger partial charge in [-0.3, -0.25) is 4.90 Å². The average Bonchev–Trinajstić information content (AvgIpc) is 2.61. The van der Waals surface area contributed by atoms with Crippen molar-refractivity contribution in [1.82, 2.24) is 15.1 Å². The maximum Gasteiger partial charge on any atom is 0.407 e. The second kappa shape index (κ2) is 7.64. The van der Waals surface area contributed by atoms with Crippen LogP contribution in [0, 0.1) is 0 Å². The van der Waals surface area contributed by atoms with Gasteiger partial charge in [0.05, 0.1) is 0 Å². The molecule has 1 N–H and O–H groups in total. The molecule has 0 aromatic rings. The van der Waals surface area contributed by atoms with Gasteiger partial charge in [-0.2, -0.15) is 0 Å². The van der Waals surface area contributed by atoms with Gasteiger partial charge in [-0.1, -0.05) is 0 Å². The lowest BCUT2D eigenvalue weighted by molar-refractivity contribution is 0.0470. The monoisotopic (exact) mass is 311 g/mol. The Morgan fingerprint density at radius 2 is 1.86 bits per heavy atom. The number of carbonyl (C=O) groups is 1. The Balaban J connectivity index is 1.82. The van der Waals surface area contributed by atoms with E-state index in [-0.39, 0.29) is 12.1 Å². The van der Waals surface area contributed by atoms with E-state index in [1.54, 1.807) is 0 Å². The summed E-state index contributed by atoms with van der Waals surface area (Å²) in [5, 5.41) is 3.07. The summed E-state index contributed by atoms with van der Waals surface area (Å²) in [6, 6.07) is 0.870. The quantitative estimate of drug-likeness (QED) is 0.851. The van der Waals surface area contributed by atoms with Crippen LogP contribution in [0.4, 0.5) is 4.79 Å². The Labute approximate surface area is 135 Å². The third-order valence-corrected chi connectivity index (χ3v) is 4.64. The van der Waals surface area contributed by atoms with Crippen LogP contribution in [0.25, 0.3) is 0 Å². The number of nitrogens with zero attached hydrogens (tertiary/aromatic N) is 2. The van der Waals surface area contributed by atoms with Crippen LogP contribution in [0.2, 0.25) is 0 Å². The van der Waals surface area contributed by atoms with Crippen LogP contribution < -0.4 is 5.32 Å². The Morgan fingerprint density at radius 1 is 1.09 bits per heavy atom. The molecular weight excluding hydrogens is 278 g/mol. The third-order valence-electron chi connectivity index (χ3n) is 4.64. The minimum absolute atomic E-state index is 0.259. The van der Waals surface area contributed by atoms with E-state index >= 15 is 0 Å². The van der Waals surface area contributed by atoms with Crippen LogP contribution in [0.1, 0.15) is 52.9 Å². The number of ether oxygens (including phenoxy) is 1. The molecule has 0 spiro atoms. The van der Waals surface area contributed by atoms with E-state index in [1.807, 2.05) is 20.8 Å². The number of hydrogen-bond acceptors (Lipinski definition) is 4. The maximum atomic E-state index is 12.0. The summed E-state index contributed by atoms with van der Waals surface area (Å²) in [5.41, 5.74) is -0.423. The number of alkyl carbamates (subject to hydrolysis) is 1. The maximum absolute atomic E-state index is 12.0. The number of nitrogens with one attached hydrogen (secondary N) is 1. The van der Waals surface area contributed by atoms with Crippen LogP contribution in [0.5, 0.6) is 0 Å². The Hall–Kier alpha value is -0.810. The van der Waals surface area contributed by atoms with E-state index in [0.29, 0.717) is 6.04 Å². The molecule has 0 radical (unpaired) electrons. The van der Waals surface area contributed by atoms with Crippen LogP contribution in [0.3, 0.4) is 0 Å². The summed E-state index contributed by atoms with van der Waals surface area (Å²) < 4.78 is 5.38. The summed E-state index contributed by atoms with van der Waals surface area (Å²) >= 11 is 0. The first-order chi connectivity index (χ1) is 10.3. The molecule has 128 valence electrons. The van der Waals surface area contributed by atoms with Crippen molar-refractivity contribution in [3.05, 3.63) is 0 Å². The van der Waals surface area contributed by atoms with Crippen molar-refractivity contribution < 1.29 is 9.53 Å². The highest BCUT2D eigenvalue weighted by molar-refractivity contribution is 5.68. The van der Waals surface area contributed by atoms with Crippen molar-refractivity contribution in [2.45, 2.75) is 70.6 Å². The van der Waals surface area contributed by atoms with E-state index in [4.69, 9.17) is 4.74 Å². The van der Waals surface area contributed by atoms with Gasteiger partial charge in [0, 0.05) is 25.2 Å². The summed E-state index contributed by atoms with van der Waals surface area (Å²) in [6.07, 6.45) is 5.56. The van der Waals surface area contributed by atoms with Crippen molar-refractivity contribution in [2.24, 2.45) is 0 Å². The second-order valence-electron chi connectivity index (χ2n) is 7.86. The first kappa shape index (κ1) is 17.5. The van der Waals surface area contributed by atoms with Gasteiger partial charge in [-0.05, 0) is 73.0 Å². The fourth-order valence-electron chi connectivity index (χ4n) is 3.53. The first-order valence-corrected chi connectivity index (χ1v) is 8.75. The molecule has 1 amide bonds. The van der Waals surface area contributed by atoms with Gasteiger partial charge in [-0.15, -0.1) is 0 Å². The minimum Gasteiger partial charge on any atom is -0.444 e. The van der Waals surface area contributed by atoms with E-state index in [0.717, 1.165) is 25.9 Å². The summed E-state index contributed by atoms with van der Waals surface area (Å²) in [4.78, 5) is 17.0. The first-order valence-electron chi connectivity index (χ1n) is 8.75. The van der Waals surface area contributed by atoms with Gasteiger partial charge in [-0.25, -0.2) is 4.79 Å². The lowest BCUT2D eigenvalue weighted by atomic mass is 9.90. The van der Waals surface area contributed by atoms with E-state index < -0.39 is 5.60 Å². The summed E-state index contributed by atoms with van der Waals surface area (Å²) in [5.74, 6) is 0. The van der Waals surface area contributed by atoms with Crippen LogP contribution in [-0.4, -0.2) is 66.8 Å². The Kier molecular flexibility index (Phi) is 6.09. The zero-order valence-corrected chi connectivity index (χ0v) is 14.7. The molecule has 1 saturated heterocycles. The van der Waals surface area contributed by atoms with Gasteiger partial charge in [0.15, 0.2) is 0 Å². The SMILES string of the molecule is CN1CCCN(C2CCC[C@H](NC(=O)OC(C)(C)C)C2)CC1. The third kappa shape index (κ3) is 5.76. The molecule has 22 heavy (non-hydrogen) atoms. The standard InChI is InChI=1S/C17H33N3O2/c1-17(2,3)22-16(21)18-14-7-5-8-15(13-14)20-10-6-9-19(4)11-12-20/h14-15H,5-13H2,1-4H3,(H,18,21)/t14-,15?/m0/s1. The predicted molar refractivity (Wildman–Crippen MR) is 89.1 cm³/mol. The zero-order chi connectivity index (χ0) is 16.2. The molecule has 0 aromatic carbocycles. The molecule has 1 aliphatic carbocycles. The van der Waals surface area contributed by atoms with Crippen LogP contribution in [-0.2, 0) is 4.74 Å². The van der Waals surface area contributed by atoms with E-state index in [2.05, 4.69) is 22.2 Å². The van der Waals surface area contributed by atoms with Gasteiger partial charge in [0.1, 0.15) is 5.60 Å². The molecule has 1 unspecified atom stereocenters. The molecule has 2 atom stereocenters. The molecule has 0 aromatic heterocycles. The highest BCUT2D eigenvalue weighted by atomic mass is 16.6. The van der Waals surface area contributed by atoms with Crippen molar-refractivity contribution in [2.75, 3.05) is 33.2 Å². The molecule has 2 rings (SSSR count). The molecule has 1 heterocycles. The van der Waals surface area contributed by atoms with Crippen LogP contribution >= 0.6 is 0 Å². The molecule has 5 nitrogen and oxygen atoms in total. The smallest absolute Gasteiger partial charge is 0.407 e. The molecule has 2 aliphatic rings. The van der Waals surface area contributed by atoms with Gasteiger partial charge >= 0.3 is 6.09 Å². The van der Waals surface area contributed by atoms with Crippen molar-refractivity contribution >= 4 is 6.09 Å². The average molecular weight is 311 g/mol. The second-order valence-corrected chi connectivity index (χ2v) is 7.86. The summed E-state index contributed by atoms with van der Waals surface area (Å²) in [7, 11) is 2.21. The number of rotatable bonds is 2. The highest BCUT2D eigenvalue weighted by Gasteiger charge is 2.29. The normalized spacial score (nSPS) is 28.9. The molecule has 2 fully saturated rings. The predicted octanol–water partition coefficient (Wildman–Crippen LogP) is 2.46. The summed E-state index contributed by atoms with van der Waals surface area (Å²) in [6.45, 7) is 10.4.